The predicted molar refractivity (Wildman–Crippen MR) is 89.5 cm³/mol. The summed E-state index contributed by atoms with van der Waals surface area (Å²) in [5.74, 6) is -0.497. The molecule has 7 heteroatoms. The van der Waals surface area contributed by atoms with Crippen LogP contribution in [0.25, 0.3) is 0 Å². The largest absolute Gasteiger partial charge is 0.466 e. The first-order valence-corrected chi connectivity index (χ1v) is 8.03. The minimum absolute atomic E-state index is 0.145. The zero-order valence-electron chi connectivity index (χ0n) is 13.2. The minimum atomic E-state index is -0.301. The summed E-state index contributed by atoms with van der Waals surface area (Å²) in [5.41, 5.74) is 5.41. The zero-order chi connectivity index (χ0) is 16.8. The number of carbonyl (C=O) groups is 1. The number of nitrogens with zero attached hydrogens (tertiary/aromatic N) is 2. The molecular formula is C16H18FN3O2S. The van der Waals surface area contributed by atoms with Crippen molar-refractivity contribution in [2.24, 2.45) is 5.10 Å². The third-order valence-corrected chi connectivity index (χ3v) is 3.81. The van der Waals surface area contributed by atoms with E-state index in [1.165, 1.54) is 11.3 Å². The first-order chi connectivity index (χ1) is 11.0. The molecule has 0 unspecified atom stereocenters. The van der Waals surface area contributed by atoms with Crippen molar-refractivity contribution < 1.29 is 13.9 Å². The summed E-state index contributed by atoms with van der Waals surface area (Å²) in [6, 6.07) is 3.45. The molecule has 1 aromatic carbocycles. The van der Waals surface area contributed by atoms with Gasteiger partial charge in [-0.3, -0.25) is 10.2 Å². The summed E-state index contributed by atoms with van der Waals surface area (Å²) in [6.07, 6.45) is 1.75. The van der Waals surface area contributed by atoms with Crippen molar-refractivity contribution in [2.45, 2.75) is 27.2 Å². The smallest absolute Gasteiger partial charge is 0.311 e. The van der Waals surface area contributed by atoms with Crippen LogP contribution in [0.4, 0.5) is 9.52 Å². The average molecular weight is 335 g/mol. The van der Waals surface area contributed by atoms with Crippen LogP contribution in [-0.4, -0.2) is 23.8 Å². The molecule has 1 N–H and O–H groups in total. The van der Waals surface area contributed by atoms with Crippen LogP contribution >= 0.6 is 11.3 Å². The number of hydrazone groups is 1. The first kappa shape index (κ1) is 17.1. The summed E-state index contributed by atoms with van der Waals surface area (Å²) in [7, 11) is 0. The molecule has 5 nitrogen and oxygen atoms in total. The van der Waals surface area contributed by atoms with E-state index in [1.54, 1.807) is 44.5 Å². The highest BCUT2D eigenvalue weighted by Crippen LogP contribution is 2.17. The van der Waals surface area contributed by atoms with E-state index >= 15 is 0 Å². The number of aromatic nitrogens is 1. The number of rotatable bonds is 6. The molecule has 2 rings (SSSR count). The molecule has 0 bridgehead atoms. The van der Waals surface area contributed by atoms with E-state index in [4.69, 9.17) is 4.74 Å². The average Bonchev–Trinajstić information content (AvgIpc) is 2.92. The number of halogens is 1. The Kier molecular flexibility index (Phi) is 5.81. The second-order valence-corrected chi connectivity index (χ2v) is 5.82. The van der Waals surface area contributed by atoms with Gasteiger partial charge in [-0.2, -0.15) is 5.10 Å². The Hall–Kier alpha value is -2.28. The summed E-state index contributed by atoms with van der Waals surface area (Å²) < 4.78 is 18.4. The van der Waals surface area contributed by atoms with Gasteiger partial charge in [0.25, 0.3) is 0 Å². The van der Waals surface area contributed by atoms with Crippen molar-refractivity contribution in [3.63, 3.8) is 0 Å². The third kappa shape index (κ3) is 4.85. The number of aryl methyl sites for hydroxylation is 2. The Bertz CT molecular complexity index is 705. The Morgan fingerprint density at radius 3 is 2.78 bits per heavy atom. The maximum Gasteiger partial charge on any atom is 0.311 e. The Labute approximate surface area is 138 Å². The molecule has 2 aromatic rings. The van der Waals surface area contributed by atoms with Gasteiger partial charge in [-0.15, -0.1) is 11.3 Å². The molecule has 23 heavy (non-hydrogen) atoms. The van der Waals surface area contributed by atoms with Crippen LogP contribution in [0.15, 0.2) is 22.6 Å². The van der Waals surface area contributed by atoms with Gasteiger partial charge in [-0.05, 0) is 49.6 Å². The second kappa shape index (κ2) is 7.82. The molecule has 0 saturated heterocycles. The van der Waals surface area contributed by atoms with Gasteiger partial charge in [0, 0.05) is 5.38 Å². The van der Waals surface area contributed by atoms with Crippen LogP contribution in [-0.2, 0) is 16.0 Å². The van der Waals surface area contributed by atoms with E-state index in [2.05, 4.69) is 15.5 Å². The fourth-order valence-corrected chi connectivity index (χ4v) is 2.67. The van der Waals surface area contributed by atoms with E-state index in [9.17, 15) is 9.18 Å². The van der Waals surface area contributed by atoms with Crippen LogP contribution in [0.1, 0.15) is 29.3 Å². The molecule has 1 aromatic heterocycles. The van der Waals surface area contributed by atoms with Crippen molar-refractivity contribution in [3.05, 3.63) is 45.7 Å². The number of esters is 1. The normalized spacial score (nSPS) is 11.0. The van der Waals surface area contributed by atoms with Crippen molar-refractivity contribution >= 4 is 28.7 Å². The van der Waals surface area contributed by atoms with Crippen molar-refractivity contribution in [1.29, 1.82) is 0 Å². The number of nitrogens with one attached hydrogen (secondary N) is 1. The van der Waals surface area contributed by atoms with Crippen molar-refractivity contribution in [1.82, 2.24) is 4.98 Å². The van der Waals surface area contributed by atoms with Crippen LogP contribution in [0, 0.1) is 19.7 Å². The van der Waals surface area contributed by atoms with E-state index in [-0.39, 0.29) is 18.2 Å². The number of thiazole rings is 1. The lowest BCUT2D eigenvalue weighted by Crippen LogP contribution is -2.07. The van der Waals surface area contributed by atoms with Crippen LogP contribution < -0.4 is 5.43 Å². The minimum Gasteiger partial charge on any atom is -0.466 e. The van der Waals surface area contributed by atoms with Gasteiger partial charge in [0.2, 0.25) is 5.13 Å². The van der Waals surface area contributed by atoms with Gasteiger partial charge in [0.1, 0.15) is 5.82 Å². The van der Waals surface area contributed by atoms with Gasteiger partial charge >= 0.3 is 5.97 Å². The second-order valence-electron chi connectivity index (χ2n) is 4.96. The molecule has 0 aliphatic carbocycles. The maximum absolute atomic E-state index is 13.6. The van der Waals surface area contributed by atoms with Gasteiger partial charge in [-0.1, -0.05) is 0 Å². The topological polar surface area (TPSA) is 63.6 Å². The fraction of sp³-hybridized carbons (Fsp3) is 0.312. The molecule has 0 fully saturated rings. The van der Waals surface area contributed by atoms with Crippen molar-refractivity contribution in [2.75, 3.05) is 12.0 Å². The number of ether oxygens (including phenoxy) is 1. The number of hydrogen-bond acceptors (Lipinski definition) is 6. The number of carbonyl (C=O) groups excluding carboxylic acids is 1. The monoisotopic (exact) mass is 335 g/mol. The summed E-state index contributed by atoms with van der Waals surface area (Å²) in [5, 5.41) is 6.45. The van der Waals surface area contributed by atoms with Crippen LogP contribution in [0.2, 0.25) is 0 Å². The Morgan fingerprint density at radius 2 is 2.13 bits per heavy atom. The number of benzene rings is 1. The van der Waals surface area contributed by atoms with E-state index in [1.807, 2.05) is 0 Å². The van der Waals surface area contributed by atoms with E-state index in [0.717, 1.165) is 5.56 Å². The summed E-state index contributed by atoms with van der Waals surface area (Å²) in [4.78, 5) is 15.6. The molecule has 0 radical (unpaired) electrons. The zero-order valence-corrected chi connectivity index (χ0v) is 14.0. The van der Waals surface area contributed by atoms with E-state index < -0.39 is 0 Å². The Morgan fingerprint density at radius 1 is 1.43 bits per heavy atom. The summed E-state index contributed by atoms with van der Waals surface area (Å²) >= 11 is 1.35. The van der Waals surface area contributed by atoms with Gasteiger partial charge < -0.3 is 4.74 Å². The lowest BCUT2D eigenvalue weighted by atomic mass is 10.1. The molecule has 122 valence electrons. The molecule has 0 aliphatic rings. The number of hydrogen-bond donors (Lipinski definition) is 1. The molecule has 0 amide bonds. The van der Waals surface area contributed by atoms with E-state index in [0.29, 0.717) is 28.6 Å². The van der Waals surface area contributed by atoms with Gasteiger partial charge in [-0.25, -0.2) is 9.37 Å². The lowest BCUT2D eigenvalue weighted by molar-refractivity contribution is -0.142. The summed E-state index contributed by atoms with van der Waals surface area (Å²) in [6.45, 7) is 5.56. The fourth-order valence-electron chi connectivity index (χ4n) is 2.02. The molecule has 0 saturated carbocycles. The van der Waals surface area contributed by atoms with Crippen LogP contribution in [0.3, 0.4) is 0 Å². The van der Waals surface area contributed by atoms with Gasteiger partial charge in [0.15, 0.2) is 0 Å². The van der Waals surface area contributed by atoms with Gasteiger partial charge in [0.05, 0.1) is 24.9 Å². The van der Waals surface area contributed by atoms with Crippen molar-refractivity contribution in [3.8, 4) is 0 Å². The third-order valence-electron chi connectivity index (χ3n) is 3.02. The highest BCUT2D eigenvalue weighted by atomic mass is 32.1. The SMILES string of the molecule is CCOC(=O)Cc1csc(NN=Cc2cc(C)c(F)c(C)c2)n1. The maximum atomic E-state index is 13.6. The highest BCUT2D eigenvalue weighted by Gasteiger charge is 2.08. The molecule has 0 spiro atoms. The number of anilines is 1. The highest BCUT2D eigenvalue weighted by molar-refractivity contribution is 7.13. The predicted octanol–water partition coefficient (Wildman–Crippen LogP) is 3.45. The van der Waals surface area contributed by atoms with Crippen LogP contribution in [0.5, 0.6) is 0 Å². The Balaban J connectivity index is 1.96. The lowest BCUT2D eigenvalue weighted by Gasteiger charge is -2.02. The standard InChI is InChI=1S/C16H18FN3O2S/c1-4-22-14(21)7-13-9-23-16(19-13)20-18-8-12-5-10(2)15(17)11(3)6-12/h5-6,8-9H,4,7H2,1-3H3,(H,19,20). The first-order valence-electron chi connectivity index (χ1n) is 7.15. The molecular weight excluding hydrogens is 317 g/mol. The quantitative estimate of drug-likeness (QED) is 0.499. The molecule has 1 heterocycles. The molecule has 0 aliphatic heterocycles. The molecule has 0 atom stereocenters.